The van der Waals surface area contributed by atoms with Crippen LogP contribution in [-0.2, 0) is 0 Å². The molecule has 1 aromatic heterocycles. The summed E-state index contributed by atoms with van der Waals surface area (Å²) in [6.07, 6.45) is 7.08. The highest BCUT2D eigenvalue weighted by Gasteiger charge is 2.27. The van der Waals surface area contributed by atoms with Gasteiger partial charge in [-0.25, -0.2) is 0 Å². The summed E-state index contributed by atoms with van der Waals surface area (Å²) in [6.45, 7) is 8.65. The molecule has 0 aromatic carbocycles. The van der Waals surface area contributed by atoms with Crippen molar-refractivity contribution in [2.24, 2.45) is 5.92 Å². The minimum absolute atomic E-state index is 0.0825. The molecule has 0 bridgehead atoms. The Morgan fingerprint density at radius 3 is 2.26 bits per heavy atom. The van der Waals surface area contributed by atoms with E-state index in [0.29, 0.717) is 13.1 Å². The van der Waals surface area contributed by atoms with Crippen molar-refractivity contribution in [3.63, 3.8) is 0 Å². The zero-order chi connectivity index (χ0) is 14.1. The molecular formula is C15H22N2O2. The lowest BCUT2D eigenvalue weighted by atomic mass is 9.93. The number of rotatable bonds is 9. The Morgan fingerprint density at radius 2 is 1.84 bits per heavy atom. The third kappa shape index (κ3) is 4.28. The van der Waals surface area contributed by atoms with Crippen LogP contribution in [0.15, 0.2) is 49.8 Å². The summed E-state index contributed by atoms with van der Waals surface area (Å²) in [4.78, 5) is 6.22. The molecule has 0 aliphatic heterocycles. The minimum Gasteiger partial charge on any atom is -0.396 e. The van der Waals surface area contributed by atoms with Crippen LogP contribution in [0.3, 0.4) is 0 Å². The molecule has 4 heteroatoms. The van der Waals surface area contributed by atoms with Crippen molar-refractivity contribution in [2.45, 2.75) is 6.04 Å². The van der Waals surface area contributed by atoms with Crippen LogP contribution in [0.25, 0.3) is 0 Å². The molecule has 104 valence electrons. The van der Waals surface area contributed by atoms with Crippen molar-refractivity contribution >= 4 is 0 Å². The zero-order valence-electron chi connectivity index (χ0n) is 11.2. The zero-order valence-corrected chi connectivity index (χ0v) is 11.2. The van der Waals surface area contributed by atoms with Crippen molar-refractivity contribution in [3.8, 4) is 0 Å². The molecule has 4 nitrogen and oxygen atoms in total. The van der Waals surface area contributed by atoms with Crippen LogP contribution < -0.4 is 0 Å². The van der Waals surface area contributed by atoms with Gasteiger partial charge in [-0.1, -0.05) is 18.2 Å². The summed E-state index contributed by atoms with van der Waals surface area (Å²) in [6, 6.07) is 3.70. The average molecular weight is 262 g/mol. The van der Waals surface area contributed by atoms with E-state index < -0.39 is 0 Å². The lowest BCUT2D eigenvalue weighted by Gasteiger charge is -2.34. The van der Waals surface area contributed by atoms with Gasteiger partial charge in [-0.15, -0.1) is 13.2 Å². The monoisotopic (exact) mass is 262 g/mol. The highest BCUT2D eigenvalue weighted by atomic mass is 16.3. The first-order valence-electron chi connectivity index (χ1n) is 6.36. The van der Waals surface area contributed by atoms with Crippen molar-refractivity contribution in [1.82, 2.24) is 9.88 Å². The summed E-state index contributed by atoms with van der Waals surface area (Å²) >= 11 is 0. The Kier molecular flexibility index (Phi) is 7.03. The SMILES string of the molecule is C=CCN(CC=C)C(c1cccnc1)C(CO)CO. The molecule has 0 aliphatic carbocycles. The van der Waals surface area contributed by atoms with E-state index in [9.17, 15) is 10.2 Å². The molecule has 0 aliphatic rings. The first kappa shape index (κ1) is 15.6. The number of hydrogen-bond donors (Lipinski definition) is 2. The topological polar surface area (TPSA) is 56.6 Å². The third-order valence-corrected chi connectivity index (χ3v) is 3.06. The fourth-order valence-corrected chi connectivity index (χ4v) is 2.22. The molecule has 0 radical (unpaired) electrons. The normalized spacial score (nSPS) is 12.6. The van der Waals surface area contributed by atoms with Crippen LogP contribution in [-0.4, -0.2) is 46.4 Å². The van der Waals surface area contributed by atoms with Gasteiger partial charge in [-0.3, -0.25) is 9.88 Å². The highest BCUT2D eigenvalue weighted by molar-refractivity contribution is 5.16. The van der Waals surface area contributed by atoms with Crippen molar-refractivity contribution in [1.29, 1.82) is 0 Å². The minimum atomic E-state index is -0.260. The van der Waals surface area contributed by atoms with E-state index in [0.717, 1.165) is 5.56 Å². The van der Waals surface area contributed by atoms with Gasteiger partial charge in [0.25, 0.3) is 0 Å². The Labute approximate surface area is 114 Å². The number of hydrogen-bond acceptors (Lipinski definition) is 4. The van der Waals surface area contributed by atoms with Gasteiger partial charge >= 0.3 is 0 Å². The molecule has 0 fully saturated rings. The molecule has 19 heavy (non-hydrogen) atoms. The highest BCUT2D eigenvalue weighted by Crippen LogP contribution is 2.28. The van der Waals surface area contributed by atoms with Crippen molar-refractivity contribution in [3.05, 3.63) is 55.4 Å². The molecule has 0 saturated heterocycles. The maximum absolute atomic E-state index is 9.48. The molecule has 1 aromatic rings. The van der Waals surface area contributed by atoms with Crippen LogP contribution in [0.5, 0.6) is 0 Å². The molecular weight excluding hydrogens is 240 g/mol. The van der Waals surface area contributed by atoms with Crippen molar-refractivity contribution in [2.75, 3.05) is 26.3 Å². The lowest BCUT2D eigenvalue weighted by molar-refractivity contribution is 0.0679. The van der Waals surface area contributed by atoms with Gasteiger partial charge in [0.15, 0.2) is 0 Å². The van der Waals surface area contributed by atoms with Gasteiger partial charge in [0.05, 0.1) is 0 Å². The maximum atomic E-state index is 9.48. The standard InChI is InChI=1S/C15H22N2O2/c1-3-8-17(9-4-2)15(14(11-18)12-19)13-6-5-7-16-10-13/h3-7,10,14-15,18-19H,1-2,8-9,11-12H2. The molecule has 1 rings (SSSR count). The second-order valence-corrected chi connectivity index (χ2v) is 4.39. The van der Waals surface area contributed by atoms with E-state index in [4.69, 9.17) is 0 Å². The van der Waals surface area contributed by atoms with Gasteiger partial charge in [-0.2, -0.15) is 0 Å². The van der Waals surface area contributed by atoms with Crippen LogP contribution in [0.2, 0.25) is 0 Å². The molecule has 1 atom stereocenters. The summed E-state index contributed by atoms with van der Waals surface area (Å²) in [5.41, 5.74) is 0.972. The molecule has 1 unspecified atom stereocenters. The van der Waals surface area contributed by atoms with E-state index in [1.165, 1.54) is 0 Å². The summed E-state index contributed by atoms with van der Waals surface area (Å²) < 4.78 is 0. The Bertz CT molecular complexity index is 367. The molecule has 1 heterocycles. The number of nitrogens with zero attached hydrogens (tertiary/aromatic N) is 2. The first-order valence-corrected chi connectivity index (χ1v) is 6.36. The fourth-order valence-electron chi connectivity index (χ4n) is 2.22. The smallest absolute Gasteiger partial charge is 0.0499 e. The number of aromatic nitrogens is 1. The first-order chi connectivity index (χ1) is 9.28. The molecule has 2 N–H and O–H groups in total. The van der Waals surface area contributed by atoms with Gasteiger partial charge < -0.3 is 10.2 Å². The predicted molar refractivity (Wildman–Crippen MR) is 76.6 cm³/mol. The van der Waals surface area contributed by atoms with Crippen LogP contribution >= 0.6 is 0 Å². The largest absolute Gasteiger partial charge is 0.396 e. The fraction of sp³-hybridized carbons (Fsp3) is 0.400. The summed E-state index contributed by atoms with van der Waals surface area (Å²) in [7, 11) is 0. The second-order valence-electron chi connectivity index (χ2n) is 4.39. The van der Waals surface area contributed by atoms with Crippen molar-refractivity contribution < 1.29 is 10.2 Å². The molecule has 0 saturated carbocycles. The van der Waals surface area contributed by atoms with Crippen LogP contribution in [0.4, 0.5) is 0 Å². The molecule has 0 amide bonds. The number of aliphatic hydroxyl groups excluding tert-OH is 2. The van der Waals surface area contributed by atoms with E-state index in [2.05, 4.69) is 23.0 Å². The number of aliphatic hydroxyl groups is 2. The summed E-state index contributed by atoms with van der Waals surface area (Å²) in [5, 5.41) is 19.0. The number of pyridine rings is 1. The second kappa shape index (κ2) is 8.58. The van der Waals surface area contributed by atoms with Gasteiger partial charge in [0, 0.05) is 50.7 Å². The molecule has 0 spiro atoms. The maximum Gasteiger partial charge on any atom is 0.0499 e. The summed E-state index contributed by atoms with van der Waals surface area (Å²) in [5.74, 6) is -0.260. The van der Waals surface area contributed by atoms with E-state index in [-0.39, 0.29) is 25.2 Å². The van der Waals surface area contributed by atoms with Crippen LogP contribution in [0, 0.1) is 5.92 Å². The predicted octanol–water partition coefficient (Wildman–Crippen LogP) is 1.40. The van der Waals surface area contributed by atoms with E-state index in [1.54, 1.807) is 24.5 Å². The van der Waals surface area contributed by atoms with E-state index >= 15 is 0 Å². The van der Waals surface area contributed by atoms with Gasteiger partial charge in [0.2, 0.25) is 0 Å². The Balaban J connectivity index is 3.08. The van der Waals surface area contributed by atoms with E-state index in [1.807, 2.05) is 12.1 Å². The van der Waals surface area contributed by atoms with Gasteiger partial charge in [-0.05, 0) is 11.6 Å². The average Bonchev–Trinajstić information content (AvgIpc) is 2.45. The van der Waals surface area contributed by atoms with Gasteiger partial charge in [0.1, 0.15) is 0 Å². The Morgan fingerprint density at radius 1 is 1.21 bits per heavy atom. The quantitative estimate of drug-likeness (QED) is 0.660. The van der Waals surface area contributed by atoms with Crippen LogP contribution in [0.1, 0.15) is 11.6 Å². The lowest BCUT2D eigenvalue weighted by Crippen LogP contribution is -2.37. The Hall–Kier alpha value is -1.49. The third-order valence-electron chi connectivity index (χ3n) is 3.06.